The van der Waals surface area contributed by atoms with E-state index in [0.717, 1.165) is 6.26 Å². The summed E-state index contributed by atoms with van der Waals surface area (Å²) in [4.78, 5) is 39.4. The molecule has 1 fully saturated rings. The van der Waals surface area contributed by atoms with Crippen LogP contribution in [0.1, 0.15) is 68.2 Å². The number of allylic oxidation sites excluding steroid dienone is 1. The number of ether oxygens (including phenoxy) is 2. The van der Waals surface area contributed by atoms with Crippen molar-refractivity contribution in [3.05, 3.63) is 24.1 Å². The maximum Gasteiger partial charge on any atom is 0.324 e. The molecule has 1 rings (SSSR count). The lowest BCUT2D eigenvalue weighted by atomic mass is 10.0. The van der Waals surface area contributed by atoms with Gasteiger partial charge in [-0.3, -0.25) is 19.3 Å². The van der Waals surface area contributed by atoms with Crippen molar-refractivity contribution in [1.29, 1.82) is 0 Å². The van der Waals surface area contributed by atoms with Gasteiger partial charge in [0.05, 0.1) is 12.0 Å². The molecule has 2 N–H and O–H groups in total. The molecule has 1 saturated heterocycles. The van der Waals surface area contributed by atoms with Crippen LogP contribution >= 0.6 is 0 Å². The number of amides is 1. The van der Waals surface area contributed by atoms with Crippen LogP contribution in [0, 0.1) is 5.92 Å². The van der Waals surface area contributed by atoms with E-state index < -0.39 is 35.2 Å². The Morgan fingerprint density at radius 2 is 1.71 bits per heavy atom. The van der Waals surface area contributed by atoms with Gasteiger partial charge < -0.3 is 19.9 Å². The van der Waals surface area contributed by atoms with Gasteiger partial charge in [-0.2, -0.15) is 0 Å². The fourth-order valence-electron chi connectivity index (χ4n) is 3.53. The number of carbonyl (C=O) groups is 3. The number of rotatable bonds is 7. The molecule has 1 aliphatic rings. The van der Waals surface area contributed by atoms with Gasteiger partial charge in [-0.25, -0.2) is 0 Å². The molecule has 8 nitrogen and oxygen atoms in total. The Morgan fingerprint density at radius 3 is 2.16 bits per heavy atom. The summed E-state index contributed by atoms with van der Waals surface area (Å²) in [6.07, 6.45) is 5.16. The predicted octanol–water partition coefficient (Wildman–Crippen LogP) is 3.23. The van der Waals surface area contributed by atoms with Crippen LogP contribution in [-0.4, -0.2) is 57.7 Å². The molecular formula is C23H38N2O6. The predicted molar refractivity (Wildman–Crippen MR) is 118 cm³/mol. The van der Waals surface area contributed by atoms with Crippen molar-refractivity contribution < 1.29 is 29.0 Å². The highest BCUT2D eigenvalue weighted by molar-refractivity contribution is 5.81. The first-order valence-electron chi connectivity index (χ1n) is 10.6. The van der Waals surface area contributed by atoms with E-state index in [1.165, 1.54) is 6.92 Å². The molecule has 0 radical (unpaired) electrons. The lowest BCUT2D eigenvalue weighted by Gasteiger charge is -2.34. The van der Waals surface area contributed by atoms with E-state index in [2.05, 4.69) is 5.32 Å². The van der Waals surface area contributed by atoms with Crippen molar-refractivity contribution in [2.45, 2.75) is 91.5 Å². The van der Waals surface area contributed by atoms with Crippen LogP contribution in [0.3, 0.4) is 0 Å². The Kier molecular flexibility index (Phi) is 9.29. The molecule has 1 aliphatic heterocycles. The second-order valence-electron chi connectivity index (χ2n) is 9.86. The van der Waals surface area contributed by atoms with Crippen LogP contribution in [0.25, 0.3) is 0 Å². The average molecular weight is 439 g/mol. The number of hydrogen-bond donors (Lipinski definition) is 2. The van der Waals surface area contributed by atoms with Gasteiger partial charge in [-0.15, -0.1) is 0 Å². The number of esters is 2. The van der Waals surface area contributed by atoms with Crippen molar-refractivity contribution in [1.82, 2.24) is 10.2 Å². The van der Waals surface area contributed by atoms with Crippen molar-refractivity contribution in [3.8, 4) is 0 Å². The zero-order valence-corrected chi connectivity index (χ0v) is 20.0. The topological polar surface area (TPSA) is 105 Å². The molecule has 0 spiro atoms. The van der Waals surface area contributed by atoms with Crippen molar-refractivity contribution in [3.63, 3.8) is 0 Å². The van der Waals surface area contributed by atoms with Crippen LogP contribution in [0.15, 0.2) is 24.1 Å². The average Bonchev–Trinajstić information content (AvgIpc) is 2.99. The monoisotopic (exact) mass is 438 g/mol. The largest absolute Gasteiger partial charge is 0.514 e. The van der Waals surface area contributed by atoms with Crippen LogP contribution < -0.4 is 5.32 Å². The van der Waals surface area contributed by atoms with E-state index in [1.807, 2.05) is 19.1 Å². The molecule has 3 unspecified atom stereocenters. The number of nitrogens with one attached hydrogen (secondary N) is 1. The van der Waals surface area contributed by atoms with Crippen LogP contribution in [0.2, 0.25) is 0 Å². The van der Waals surface area contributed by atoms with Gasteiger partial charge >= 0.3 is 11.9 Å². The summed E-state index contributed by atoms with van der Waals surface area (Å²) in [5, 5.41) is 12.1. The third-order valence-corrected chi connectivity index (χ3v) is 4.50. The zero-order valence-electron chi connectivity index (χ0n) is 20.0. The van der Waals surface area contributed by atoms with Crippen LogP contribution in [0.4, 0.5) is 0 Å². The SMILES string of the molecule is C/C=C\C1CC(C(=O)OC(C)(C)C)N(C(C/C(=C/O)NC(C)=O)C(=O)OC(C)(C)C)C1. The minimum Gasteiger partial charge on any atom is -0.514 e. The number of hydrogen-bond acceptors (Lipinski definition) is 7. The highest BCUT2D eigenvalue weighted by Gasteiger charge is 2.45. The Balaban J connectivity index is 3.32. The van der Waals surface area contributed by atoms with Crippen molar-refractivity contribution in [2.75, 3.05) is 6.54 Å². The number of aliphatic hydroxyl groups is 1. The van der Waals surface area contributed by atoms with E-state index in [4.69, 9.17) is 9.47 Å². The first-order valence-corrected chi connectivity index (χ1v) is 10.6. The van der Waals surface area contributed by atoms with Crippen molar-refractivity contribution in [2.24, 2.45) is 5.92 Å². The highest BCUT2D eigenvalue weighted by Crippen LogP contribution is 2.31. The Bertz CT molecular complexity index is 715. The molecule has 0 aliphatic carbocycles. The number of likely N-dealkylation sites (tertiary alicyclic amines) is 1. The maximum absolute atomic E-state index is 13.1. The standard InChI is InChI=1S/C23H38N2O6/c1-9-10-16-11-18(20(28)30-22(3,4)5)25(13-16)19(21(29)31-23(6,7)8)12-17(14-26)24-15(2)27/h9-10,14,16,18-19,26H,11-13H2,1-8H3,(H,24,27)/b10-9-,17-14-. The fourth-order valence-corrected chi connectivity index (χ4v) is 3.53. The Morgan fingerprint density at radius 1 is 1.13 bits per heavy atom. The van der Waals surface area contributed by atoms with E-state index in [-0.39, 0.29) is 23.9 Å². The lowest BCUT2D eigenvalue weighted by Crippen LogP contribution is -2.51. The summed E-state index contributed by atoms with van der Waals surface area (Å²) in [7, 11) is 0. The Labute approximate surface area is 185 Å². The van der Waals surface area contributed by atoms with Crippen LogP contribution in [-0.2, 0) is 23.9 Å². The van der Waals surface area contributed by atoms with Crippen LogP contribution in [0.5, 0.6) is 0 Å². The van der Waals surface area contributed by atoms with Gasteiger partial charge in [-0.05, 0) is 60.8 Å². The summed E-state index contributed by atoms with van der Waals surface area (Å²) in [5.74, 6) is -1.27. The smallest absolute Gasteiger partial charge is 0.324 e. The molecule has 31 heavy (non-hydrogen) atoms. The lowest BCUT2D eigenvalue weighted by molar-refractivity contribution is -0.167. The summed E-state index contributed by atoms with van der Waals surface area (Å²) in [6, 6.07) is -1.55. The molecule has 0 saturated carbocycles. The molecule has 0 aromatic rings. The third-order valence-electron chi connectivity index (χ3n) is 4.50. The maximum atomic E-state index is 13.1. The molecule has 1 amide bonds. The van der Waals surface area contributed by atoms with Crippen molar-refractivity contribution >= 4 is 17.8 Å². The van der Waals surface area contributed by atoms with E-state index in [1.54, 1.807) is 46.4 Å². The molecule has 0 aromatic carbocycles. The number of nitrogens with zero attached hydrogens (tertiary/aromatic N) is 1. The summed E-state index contributed by atoms with van der Waals surface area (Å²) >= 11 is 0. The Hall–Kier alpha value is -2.35. The third kappa shape index (κ3) is 9.12. The summed E-state index contributed by atoms with van der Waals surface area (Å²) in [6.45, 7) is 14.3. The minimum atomic E-state index is -0.891. The van der Waals surface area contributed by atoms with Gasteiger partial charge in [0.15, 0.2) is 0 Å². The first kappa shape index (κ1) is 26.7. The van der Waals surface area contributed by atoms with Gasteiger partial charge in [0, 0.05) is 19.9 Å². The van der Waals surface area contributed by atoms with Gasteiger partial charge in [0.25, 0.3) is 0 Å². The fraction of sp³-hybridized carbons (Fsp3) is 0.696. The molecular weight excluding hydrogens is 400 g/mol. The summed E-state index contributed by atoms with van der Waals surface area (Å²) in [5.41, 5.74) is -1.24. The molecule has 1 heterocycles. The second kappa shape index (κ2) is 10.8. The molecule has 176 valence electrons. The molecule has 3 atom stereocenters. The highest BCUT2D eigenvalue weighted by atomic mass is 16.6. The number of aliphatic hydroxyl groups excluding tert-OH is 1. The molecule has 0 aromatic heterocycles. The minimum absolute atomic E-state index is 0.0210. The van der Waals surface area contributed by atoms with E-state index in [0.29, 0.717) is 13.0 Å². The number of carbonyl (C=O) groups excluding carboxylic acids is 3. The zero-order chi connectivity index (χ0) is 24.0. The van der Waals surface area contributed by atoms with Gasteiger partial charge in [0.1, 0.15) is 23.3 Å². The first-order chi connectivity index (χ1) is 14.2. The van der Waals surface area contributed by atoms with Gasteiger partial charge in [-0.1, -0.05) is 12.2 Å². The van der Waals surface area contributed by atoms with E-state index >= 15 is 0 Å². The second-order valence-corrected chi connectivity index (χ2v) is 9.86. The quantitative estimate of drug-likeness (QED) is 0.357. The normalized spacial score (nSPS) is 21.7. The van der Waals surface area contributed by atoms with Gasteiger partial charge in [0.2, 0.25) is 5.91 Å². The van der Waals surface area contributed by atoms with E-state index in [9.17, 15) is 19.5 Å². The summed E-state index contributed by atoms with van der Waals surface area (Å²) < 4.78 is 11.2. The molecule has 0 bridgehead atoms. The molecule has 8 heteroatoms.